The lowest BCUT2D eigenvalue weighted by Gasteiger charge is -2.37. The molecule has 3 unspecified atom stereocenters. The molecule has 3 atom stereocenters. The molecule has 0 spiro atoms. The Bertz CT molecular complexity index is 293. The van der Waals surface area contributed by atoms with Gasteiger partial charge in [-0.05, 0) is 51.1 Å². The zero-order valence-electron chi connectivity index (χ0n) is 13.9. The van der Waals surface area contributed by atoms with E-state index in [9.17, 15) is 4.79 Å². The van der Waals surface area contributed by atoms with Gasteiger partial charge in [-0.25, -0.2) is 0 Å². The Hall–Kier alpha value is -0.610. The summed E-state index contributed by atoms with van der Waals surface area (Å²) in [5, 5.41) is 6.36. The first kappa shape index (κ1) is 17.4. The fourth-order valence-electron chi connectivity index (χ4n) is 3.14. The molecule has 1 rings (SSSR count). The standard InChI is InChI=1S/C16H33N3O/c1-6-19-9-7-8-14(11-19)13(4)18-15(10-12(2)3)16(20)17-5/h12-15,18H,6-11H2,1-5H3,(H,17,20). The average Bonchev–Trinajstić information content (AvgIpc) is 2.45. The van der Waals surface area contributed by atoms with Gasteiger partial charge in [0.25, 0.3) is 0 Å². The summed E-state index contributed by atoms with van der Waals surface area (Å²) in [5.74, 6) is 1.30. The molecule has 0 aromatic heterocycles. The van der Waals surface area contributed by atoms with Crippen LogP contribution in [0.25, 0.3) is 0 Å². The predicted octanol–water partition coefficient (Wildman–Crippen LogP) is 1.86. The van der Waals surface area contributed by atoms with E-state index in [0.29, 0.717) is 17.9 Å². The van der Waals surface area contributed by atoms with Crippen LogP contribution < -0.4 is 10.6 Å². The number of amides is 1. The van der Waals surface area contributed by atoms with Gasteiger partial charge in [0, 0.05) is 19.6 Å². The van der Waals surface area contributed by atoms with Crippen LogP contribution in [0.15, 0.2) is 0 Å². The van der Waals surface area contributed by atoms with Crippen molar-refractivity contribution >= 4 is 5.91 Å². The van der Waals surface area contributed by atoms with E-state index >= 15 is 0 Å². The molecule has 0 aliphatic carbocycles. The molecule has 118 valence electrons. The predicted molar refractivity (Wildman–Crippen MR) is 84.7 cm³/mol. The number of nitrogens with one attached hydrogen (secondary N) is 2. The summed E-state index contributed by atoms with van der Waals surface area (Å²) in [6, 6.07) is 0.331. The maximum atomic E-state index is 12.0. The number of rotatable bonds is 7. The Morgan fingerprint density at radius 2 is 2.05 bits per heavy atom. The number of hydrogen-bond acceptors (Lipinski definition) is 3. The fourth-order valence-corrected chi connectivity index (χ4v) is 3.14. The van der Waals surface area contributed by atoms with Gasteiger partial charge in [0.2, 0.25) is 5.91 Å². The number of piperidine rings is 1. The van der Waals surface area contributed by atoms with Crippen LogP contribution in [0.1, 0.15) is 47.0 Å². The van der Waals surface area contributed by atoms with Gasteiger partial charge in [-0.2, -0.15) is 0 Å². The largest absolute Gasteiger partial charge is 0.358 e. The maximum Gasteiger partial charge on any atom is 0.236 e. The van der Waals surface area contributed by atoms with Crippen molar-refractivity contribution in [2.75, 3.05) is 26.7 Å². The topological polar surface area (TPSA) is 44.4 Å². The molecule has 2 N–H and O–H groups in total. The van der Waals surface area contributed by atoms with Crippen LogP contribution in [-0.4, -0.2) is 49.6 Å². The third-order valence-corrected chi connectivity index (χ3v) is 4.43. The second-order valence-corrected chi connectivity index (χ2v) is 6.55. The van der Waals surface area contributed by atoms with E-state index in [1.54, 1.807) is 7.05 Å². The third-order valence-electron chi connectivity index (χ3n) is 4.43. The van der Waals surface area contributed by atoms with Gasteiger partial charge in [0.1, 0.15) is 0 Å². The Balaban J connectivity index is 2.55. The summed E-state index contributed by atoms with van der Waals surface area (Å²) in [4.78, 5) is 14.5. The van der Waals surface area contributed by atoms with Crippen molar-refractivity contribution in [1.82, 2.24) is 15.5 Å². The Morgan fingerprint density at radius 1 is 1.35 bits per heavy atom. The van der Waals surface area contributed by atoms with E-state index < -0.39 is 0 Å². The smallest absolute Gasteiger partial charge is 0.236 e. The maximum absolute atomic E-state index is 12.0. The van der Waals surface area contributed by atoms with Crippen LogP contribution in [0.3, 0.4) is 0 Å². The van der Waals surface area contributed by atoms with Crippen LogP contribution in [0.5, 0.6) is 0 Å². The zero-order chi connectivity index (χ0) is 15.1. The van der Waals surface area contributed by atoms with Gasteiger partial charge in [-0.15, -0.1) is 0 Å². The fraction of sp³-hybridized carbons (Fsp3) is 0.938. The zero-order valence-corrected chi connectivity index (χ0v) is 13.9. The first-order chi connectivity index (χ1) is 9.47. The van der Waals surface area contributed by atoms with E-state index in [1.165, 1.54) is 19.4 Å². The number of carbonyl (C=O) groups excluding carboxylic acids is 1. The highest BCUT2D eigenvalue weighted by atomic mass is 16.2. The number of likely N-dealkylation sites (N-methyl/N-ethyl adjacent to an activating group) is 1. The molecular formula is C16H33N3O. The van der Waals surface area contributed by atoms with Crippen LogP contribution in [0.2, 0.25) is 0 Å². The molecule has 1 heterocycles. The summed E-state index contributed by atoms with van der Waals surface area (Å²) >= 11 is 0. The molecule has 1 aliphatic heterocycles. The number of hydrogen-bond donors (Lipinski definition) is 2. The highest BCUT2D eigenvalue weighted by molar-refractivity contribution is 5.81. The lowest BCUT2D eigenvalue weighted by molar-refractivity contribution is -0.123. The van der Waals surface area contributed by atoms with Gasteiger partial charge in [0.05, 0.1) is 6.04 Å². The monoisotopic (exact) mass is 283 g/mol. The van der Waals surface area contributed by atoms with Crippen LogP contribution in [-0.2, 0) is 4.79 Å². The lowest BCUT2D eigenvalue weighted by Crippen LogP contribution is -2.52. The van der Waals surface area contributed by atoms with E-state index in [2.05, 4.69) is 43.2 Å². The van der Waals surface area contributed by atoms with Crippen molar-refractivity contribution in [3.63, 3.8) is 0 Å². The summed E-state index contributed by atoms with van der Waals surface area (Å²) < 4.78 is 0. The van der Waals surface area contributed by atoms with Gasteiger partial charge in [-0.3, -0.25) is 4.79 Å². The van der Waals surface area contributed by atoms with Gasteiger partial charge >= 0.3 is 0 Å². The molecular weight excluding hydrogens is 250 g/mol. The molecule has 1 saturated heterocycles. The van der Waals surface area contributed by atoms with Crippen molar-refractivity contribution in [2.24, 2.45) is 11.8 Å². The van der Waals surface area contributed by atoms with E-state index in [1.807, 2.05) is 0 Å². The lowest BCUT2D eigenvalue weighted by atomic mass is 9.90. The van der Waals surface area contributed by atoms with Crippen molar-refractivity contribution in [1.29, 1.82) is 0 Å². The van der Waals surface area contributed by atoms with Crippen LogP contribution in [0, 0.1) is 11.8 Å². The van der Waals surface area contributed by atoms with Crippen molar-refractivity contribution < 1.29 is 4.79 Å². The Kier molecular flexibility index (Phi) is 7.52. The van der Waals surface area contributed by atoms with Crippen LogP contribution in [0.4, 0.5) is 0 Å². The minimum Gasteiger partial charge on any atom is -0.358 e. The van der Waals surface area contributed by atoms with Crippen molar-refractivity contribution in [3.05, 3.63) is 0 Å². The second-order valence-electron chi connectivity index (χ2n) is 6.55. The Morgan fingerprint density at radius 3 is 2.60 bits per heavy atom. The van der Waals surface area contributed by atoms with Crippen LogP contribution >= 0.6 is 0 Å². The highest BCUT2D eigenvalue weighted by Gasteiger charge is 2.27. The minimum atomic E-state index is -0.0630. The normalized spacial score (nSPS) is 23.6. The molecule has 1 amide bonds. The molecule has 0 radical (unpaired) electrons. The molecule has 1 fully saturated rings. The SMILES string of the molecule is CCN1CCCC(C(C)NC(CC(C)C)C(=O)NC)C1. The summed E-state index contributed by atoms with van der Waals surface area (Å²) in [7, 11) is 1.72. The average molecular weight is 283 g/mol. The molecule has 0 saturated carbocycles. The molecule has 1 aliphatic rings. The molecule has 4 heteroatoms. The van der Waals surface area contributed by atoms with Gasteiger partial charge in [0.15, 0.2) is 0 Å². The van der Waals surface area contributed by atoms with Crippen molar-refractivity contribution in [2.45, 2.75) is 59.0 Å². The molecule has 4 nitrogen and oxygen atoms in total. The molecule has 0 aromatic rings. The summed E-state index contributed by atoms with van der Waals surface area (Å²) in [6.07, 6.45) is 3.44. The van der Waals surface area contributed by atoms with E-state index in [-0.39, 0.29) is 11.9 Å². The van der Waals surface area contributed by atoms with Crippen molar-refractivity contribution in [3.8, 4) is 0 Å². The first-order valence-corrected chi connectivity index (χ1v) is 8.17. The second kappa shape index (κ2) is 8.63. The molecule has 0 aromatic carbocycles. The first-order valence-electron chi connectivity index (χ1n) is 8.17. The third kappa shape index (κ3) is 5.41. The van der Waals surface area contributed by atoms with Gasteiger partial charge in [-0.1, -0.05) is 20.8 Å². The quantitative estimate of drug-likeness (QED) is 0.749. The van der Waals surface area contributed by atoms with Gasteiger partial charge < -0.3 is 15.5 Å². The molecule has 20 heavy (non-hydrogen) atoms. The number of nitrogens with zero attached hydrogens (tertiary/aromatic N) is 1. The number of carbonyl (C=O) groups is 1. The minimum absolute atomic E-state index is 0.0630. The number of likely N-dealkylation sites (tertiary alicyclic amines) is 1. The van der Waals surface area contributed by atoms with E-state index in [4.69, 9.17) is 0 Å². The molecule has 0 bridgehead atoms. The highest BCUT2D eigenvalue weighted by Crippen LogP contribution is 2.20. The summed E-state index contributed by atoms with van der Waals surface area (Å²) in [5.41, 5.74) is 0. The van der Waals surface area contributed by atoms with E-state index in [0.717, 1.165) is 19.5 Å². The summed E-state index contributed by atoms with van der Waals surface area (Å²) in [6.45, 7) is 12.3. The Labute approximate surface area is 124 Å².